The lowest BCUT2D eigenvalue weighted by Gasteiger charge is -2.35. The SMILES string of the molecule is CS(=O)(=O)NCC(=O)N1CCCC[C@H]1c1cc(=O)n2ccnc2[nH]1. The van der Waals surface area contributed by atoms with Crippen molar-refractivity contribution in [2.24, 2.45) is 0 Å². The number of amides is 1. The minimum absolute atomic E-state index is 0.219. The maximum absolute atomic E-state index is 12.4. The second kappa shape index (κ2) is 6.36. The molecule has 0 saturated carbocycles. The standard InChI is InChI=1S/C14H19N5O4S/c1-24(22,23)16-9-13(21)18-6-3-2-4-11(18)10-8-12(20)19-7-5-15-14(19)17-10/h5,7-8,11,16H,2-4,6,9H2,1H3,(H,15,17)/t11-/m0/s1. The van der Waals surface area contributed by atoms with E-state index in [0.29, 0.717) is 24.4 Å². The molecule has 0 aliphatic carbocycles. The molecule has 0 aromatic carbocycles. The highest BCUT2D eigenvalue weighted by molar-refractivity contribution is 7.88. The Balaban J connectivity index is 1.88. The zero-order chi connectivity index (χ0) is 17.3. The zero-order valence-corrected chi connectivity index (χ0v) is 14.0. The van der Waals surface area contributed by atoms with Crippen molar-refractivity contribution in [3.05, 3.63) is 34.5 Å². The normalized spacial score (nSPS) is 18.9. The Morgan fingerprint density at radius 1 is 1.46 bits per heavy atom. The fourth-order valence-electron chi connectivity index (χ4n) is 2.97. The van der Waals surface area contributed by atoms with Gasteiger partial charge in [-0.15, -0.1) is 0 Å². The first kappa shape index (κ1) is 16.7. The first-order valence-corrected chi connectivity index (χ1v) is 9.55. The van der Waals surface area contributed by atoms with Crippen LogP contribution in [0, 0.1) is 0 Å². The number of hydrogen-bond acceptors (Lipinski definition) is 5. The number of aromatic amines is 1. The van der Waals surface area contributed by atoms with Crippen LogP contribution in [0.3, 0.4) is 0 Å². The molecule has 1 aliphatic heterocycles. The van der Waals surface area contributed by atoms with Gasteiger partial charge in [-0.25, -0.2) is 18.1 Å². The molecule has 9 nitrogen and oxygen atoms in total. The molecule has 0 radical (unpaired) electrons. The number of rotatable bonds is 4. The van der Waals surface area contributed by atoms with Gasteiger partial charge in [0, 0.05) is 30.7 Å². The molecule has 3 rings (SSSR count). The maximum Gasteiger partial charge on any atom is 0.259 e. The summed E-state index contributed by atoms with van der Waals surface area (Å²) in [5, 5.41) is 0. The quantitative estimate of drug-likeness (QED) is 0.777. The minimum atomic E-state index is -3.44. The summed E-state index contributed by atoms with van der Waals surface area (Å²) in [6.07, 6.45) is 6.58. The van der Waals surface area contributed by atoms with Crippen LogP contribution in [0.4, 0.5) is 0 Å². The van der Waals surface area contributed by atoms with Crippen LogP contribution in [0.5, 0.6) is 0 Å². The molecule has 2 aromatic heterocycles. The number of aromatic nitrogens is 3. The van der Waals surface area contributed by atoms with Crippen molar-refractivity contribution in [1.29, 1.82) is 0 Å². The van der Waals surface area contributed by atoms with Crippen LogP contribution in [0.1, 0.15) is 31.0 Å². The topological polar surface area (TPSA) is 117 Å². The van der Waals surface area contributed by atoms with Gasteiger partial charge < -0.3 is 9.88 Å². The third-order valence-corrected chi connectivity index (χ3v) is 4.75. The number of sulfonamides is 1. The Kier molecular flexibility index (Phi) is 4.41. The lowest BCUT2D eigenvalue weighted by molar-refractivity contribution is -0.133. The number of carbonyl (C=O) groups is 1. The first-order valence-electron chi connectivity index (χ1n) is 7.65. The summed E-state index contributed by atoms with van der Waals surface area (Å²) in [4.78, 5) is 33.4. The monoisotopic (exact) mass is 353 g/mol. The molecular weight excluding hydrogens is 334 g/mol. The molecule has 10 heteroatoms. The summed E-state index contributed by atoms with van der Waals surface area (Å²) in [5.41, 5.74) is 0.398. The number of fused-ring (bicyclic) bond motifs is 1. The number of carbonyl (C=O) groups excluding carboxylic acids is 1. The number of imidazole rings is 1. The molecule has 0 spiro atoms. The molecule has 0 unspecified atom stereocenters. The van der Waals surface area contributed by atoms with Crippen LogP contribution in [0.25, 0.3) is 5.78 Å². The van der Waals surface area contributed by atoms with Gasteiger partial charge in [-0.3, -0.25) is 14.0 Å². The molecule has 1 amide bonds. The van der Waals surface area contributed by atoms with E-state index in [0.717, 1.165) is 19.1 Å². The maximum atomic E-state index is 12.4. The largest absolute Gasteiger partial charge is 0.333 e. The van der Waals surface area contributed by atoms with Crippen molar-refractivity contribution in [3.63, 3.8) is 0 Å². The van der Waals surface area contributed by atoms with Gasteiger partial charge >= 0.3 is 0 Å². The molecule has 1 saturated heterocycles. The van der Waals surface area contributed by atoms with Crippen molar-refractivity contribution < 1.29 is 13.2 Å². The summed E-state index contributed by atoms with van der Waals surface area (Å²) in [6, 6.07) is 1.18. The molecule has 2 N–H and O–H groups in total. The molecule has 1 fully saturated rings. The second-order valence-corrected chi connectivity index (χ2v) is 7.71. The molecule has 24 heavy (non-hydrogen) atoms. The molecule has 1 atom stereocenters. The van der Waals surface area contributed by atoms with Crippen LogP contribution in [0.2, 0.25) is 0 Å². The van der Waals surface area contributed by atoms with Crippen LogP contribution < -0.4 is 10.3 Å². The predicted octanol–water partition coefficient (Wildman–Crippen LogP) is -0.375. The Morgan fingerprint density at radius 3 is 3.00 bits per heavy atom. The Hall–Kier alpha value is -2.20. The summed E-state index contributed by atoms with van der Waals surface area (Å²) >= 11 is 0. The molecular formula is C14H19N5O4S. The van der Waals surface area contributed by atoms with Gasteiger partial charge in [-0.2, -0.15) is 0 Å². The van der Waals surface area contributed by atoms with E-state index in [4.69, 9.17) is 0 Å². The van der Waals surface area contributed by atoms with E-state index in [2.05, 4.69) is 14.7 Å². The first-order chi connectivity index (χ1) is 11.3. The van der Waals surface area contributed by atoms with Gasteiger partial charge in [0.25, 0.3) is 5.56 Å². The predicted molar refractivity (Wildman–Crippen MR) is 87.0 cm³/mol. The van der Waals surface area contributed by atoms with Crippen molar-refractivity contribution >= 4 is 21.7 Å². The van der Waals surface area contributed by atoms with E-state index >= 15 is 0 Å². The number of hydrogen-bond donors (Lipinski definition) is 2. The van der Waals surface area contributed by atoms with E-state index < -0.39 is 10.0 Å². The highest BCUT2D eigenvalue weighted by atomic mass is 32.2. The molecule has 0 bridgehead atoms. The lowest BCUT2D eigenvalue weighted by Crippen LogP contribution is -2.44. The number of likely N-dealkylation sites (tertiary alicyclic amines) is 1. The molecule has 3 heterocycles. The smallest absolute Gasteiger partial charge is 0.259 e. The van der Waals surface area contributed by atoms with Gasteiger partial charge in [0.05, 0.1) is 18.8 Å². The van der Waals surface area contributed by atoms with E-state index in [1.807, 2.05) is 0 Å². The fourth-order valence-corrected chi connectivity index (χ4v) is 3.35. The number of H-pyrrole nitrogens is 1. The molecule has 130 valence electrons. The van der Waals surface area contributed by atoms with Crippen molar-refractivity contribution in [2.75, 3.05) is 19.3 Å². The van der Waals surface area contributed by atoms with Gasteiger partial charge in [-0.1, -0.05) is 0 Å². The van der Waals surface area contributed by atoms with Crippen LogP contribution in [-0.2, 0) is 14.8 Å². The molecule has 1 aliphatic rings. The average Bonchev–Trinajstić information content (AvgIpc) is 3.01. The number of nitrogens with zero attached hydrogens (tertiary/aromatic N) is 3. The van der Waals surface area contributed by atoms with E-state index in [1.54, 1.807) is 11.1 Å². The lowest BCUT2D eigenvalue weighted by atomic mass is 9.99. The van der Waals surface area contributed by atoms with E-state index in [1.165, 1.54) is 16.7 Å². The van der Waals surface area contributed by atoms with Crippen molar-refractivity contribution in [1.82, 2.24) is 24.0 Å². The average molecular weight is 353 g/mol. The van der Waals surface area contributed by atoms with Crippen LogP contribution in [0.15, 0.2) is 23.3 Å². The van der Waals surface area contributed by atoms with Crippen LogP contribution in [-0.4, -0.2) is 52.9 Å². The summed E-state index contributed by atoms with van der Waals surface area (Å²) in [6.45, 7) is 0.238. The second-order valence-electron chi connectivity index (χ2n) is 5.88. The van der Waals surface area contributed by atoms with Gasteiger partial charge in [0.15, 0.2) is 0 Å². The third-order valence-electron chi connectivity index (χ3n) is 4.08. The van der Waals surface area contributed by atoms with Gasteiger partial charge in [-0.05, 0) is 19.3 Å². The van der Waals surface area contributed by atoms with Crippen molar-refractivity contribution in [2.45, 2.75) is 25.3 Å². The van der Waals surface area contributed by atoms with Crippen molar-refractivity contribution in [3.8, 4) is 0 Å². The number of nitrogens with one attached hydrogen (secondary N) is 2. The van der Waals surface area contributed by atoms with Crippen LogP contribution >= 0.6 is 0 Å². The van der Waals surface area contributed by atoms with Gasteiger partial charge in [0.2, 0.25) is 21.7 Å². The summed E-state index contributed by atoms with van der Waals surface area (Å²) < 4.78 is 26.0. The highest BCUT2D eigenvalue weighted by Crippen LogP contribution is 2.29. The minimum Gasteiger partial charge on any atom is -0.333 e. The Bertz CT molecular complexity index is 917. The fraction of sp³-hybridized carbons (Fsp3) is 0.500. The third kappa shape index (κ3) is 3.49. The Morgan fingerprint density at radius 2 is 2.25 bits per heavy atom. The Labute approximate surface area is 138 Å². The van der Waals surface area contributed by atoms with E-state index in [9.17, 15) is 18.0 Å². The summed E-state index contributed by atoms with van der Waals surface area (Å²) in [5.74, 6) is 0.110. The zero-order valence-electron chi connectivity index (χ0n) is 13.2. The highest BCUT2D eigenvalue weighted by Gasteiger charge is 2.29. The number of piperidine rings is 1. The summed E-state index contributed by atoms with van der Waals surface area (Å²) in [7, 11) is -3.44. The van der Waals surface area contributed by atoms with E-state index in [-0.39, 0.29) is 24.1 Å². The van der Waals surface area contributed by atoms with Gasteiger partial charge in [0.1, 0.15) is 0 Å². The molecule has 2 aromatic rings.